The molecule has 1 N–H and O–H groups in total. The van der Waals surface area contributed by atoms with Gasteiger partial charge in [-0.1, -0.05) is 23.7 Å². The van der Waals surface area contributed by atoms with Crippen LogP contribution in [0.5, 0.6) is 0 Å². The van der Waals surface area contributed by atoms with Crippen LogP contribution in [-0.4, -0.2) is 27.8 Å². The standard InChI is InChI=1S/C13H16Cl2N2O/c1-8-11(15)12(13(2,3)18)16-17(8)10-7-5-4-6-9(10)14/h4-8,11,18H,1-3H3. The number of hydrogen-bond donors (Lipinski definition) is 1. The number of rotatable bonds is 2. The number of hydrazone groups is 1. The second-order valence-electron chi connectivity index (χ2n) is 4.98. The maximum absolute atomic E-state index is 10.1. The van der Waals surface area contributed by atoms with Crippen LogP contribution in [0, 0.1) is 0 Å². The number of benzene rings is 1. The number of para-hydroxylation sites is 1. The molecule has 1 aromatic rings. The van der Waals surface area contributed by atoms with Gasteiger partial charge in [-0.2, -0.15) is 5.10 Å². The molecule has 1 aliphatic rings. The van der Waals surface area contributed by atoms with Crippen molar-refractivity contribution in [2.75, 3.05) is 5.01 Å². The zero-order valence-electron chi connectivity index (χ0n) is 10.6. The molecule has 0 spiro atoms. The van der Waals surface area contributed by atoms with Gasteiger partial charge in [0.1, 0.15) is 5.60 Å². The van der Waals surface area contributed by atoms with Crippen LogP contribution in [0.15, 0.2) is 29.4 Å². The summed E-state index contributed by atoms with van der Waals surface area (Å²) in [6.45, 7) is 5.33. The molecule has 0 amide bonds. The largest absolute Gasteiger partial charge is 0.384 e. The lowest BCUT2D eigenvalue weighted by Gasteiger charge is -2.23. The van der Waals surface area contributed by atoms with Gasteiger partial charge in [-0.25, -0.2) is 0 Å². The Bertz CT molecular complexity index is 482. The topological polar surface area (TPSA) is 35.8 Å². The summed E-state index contributed by atoms with van der Waals surface area (Å²) in [5.74, 6) is 0. The fourth-order valence-corrected chi connectivity index (χ4v) is 2.63. The molecule has 98 valence electrons. The average Bonchev–Trinajstić information content (AvgIpc) is 2.57. The predicted octanol–water partition coefficient (Wildman–Crippen LogP) is 3.28. The number of anilines is 1. The zero-order valence-corrected chi connectivity index (χ0v) is 12.1. The molecule has 0 aromatic heterocycles. The summed E-state index contributed by atoms with van der Waals surface area (Å²) in [5.41, 5.74) is 0.338. The summed E-state index contributed by atoms with van der Waals surface area (Å²) in [4.78, 5) is 0. The molecule has 0 fully saturated rings. The van der Waals surface area contributed by atoms with Gasteiger partial charge in [0, 0.05) is 0 Å². The maximum atomic E-state index is 10.1. The van der Waals surface area contributed by atoms with E-state index in [9.17, 15) is 5.11 Å². The van der Waals surface area contributed by atoms with Crippen LogP contribution in [0.4, 0.5) is 5.69 Å². The van der Waals surface area contributed by atoms with Crippen molar-refractivity contribution in [2.45, 2.75) is 37.8 Å². The lowest BCUT2D eigenvalue weighted by Crippen LogP contribution is -2.39. The Morgan fingerprint density at radius 3 is 2.44 bits per heavy atom. The first-order chi connectivity index (χ1) is 8.32. The van der Waals surface area contributed by atoms with E-state index in [4.69, 9.17) is 23.2 Å². The Hall–Kier alpha value is -0.770. The number of aliphatic hydroxyl groups is 1. The van der Waals surface area contributed by atoms with Crippen molar-refractivity contribution >= 4 is 34.6 Å². The zero-order chi connectivity index (χ0) is 13.5. The summed E-state index contributed by atoms with van der Waals surface area (Å²) < 4.78 is 0. The van der Waals surface area contributed by atoms with Crippen LogP contribution >= 0.6 is 23.2 Å². The van der Waals surface area contributed by atoms with Gasteiger partial charge in [-0.15, -0.1) is 11.6 Å². The third-order valence-corrected chi connectivity index (χ3v) is 3.90. The van der Waals surface area contributed by atoms with Gasteiger partial charge in [0.2, 0.25) is 0 Å². The minimum absolute atomic E-state index is 0.0482. The van der Waals surface area contributed by atoms with E-state index in [1.807, 2.05) is 31.2 Å². The van der Waals surface area contributed by atoms with Crippen LogP contribution in [0.1, 0.15) is 20.8 Å². The molecule has 2 unspecified atom stereocenters. The van der Waals surface area contributed by atoms with Gasteiger partial charge in [0.15, 0.2) is 0 Å². The van der Waals surface area contributed by atoms with Gasteiger partial charge in [0.25, 0.3) is 0 Å². The van der Waals surface area contributed by atoms with Gasteiger partial charge in [-0.3, -0.25) is 5.01 Å². The minimum atomic E-state index is -1.03. The lowest BCUT2D eigenvalue weighted by atomic mass is 9.98. The number of nitrogens with zero attached hydrogens (tertiary/aromatic N) is 2. The molecule has 0 bridgehead atoms. The van der Waals surface area contributed by atoms with Gasteiger partial charge >= 0.3 is 0 Å². The Morgan fingerprint density at radius 1 is 1.33 bits per heavy atom. The van der Waals surface area contributed by atoms with Crippen molar-refractivity contribution in [3.63, 3.8) is 0 Å². The van der Waals surface area contributed by atoms with E-state index in [1.54, 1.807) is 18.9 Å². The molecule has 1 aliphatic heterocycles. The Morgan fingerprint density at radius 2 is 1.94 bits per heavy atom. The quantitative estimate of drug-likeness (QED) is 0.847. The molecule has 2 rings (SSSR count). The first kappa shape index (κ1) is 13.7. The van der Waals surface area contributed by atoms with Crippen LogP contribution in [0.3, 0.4) is 0 Å². The highest BCUT2D eigenvalue weighted by Gasteiger charge is 2.40. The minimum Gasteiger partial charge on any atom is -0.384 e. The Balaban J connectivity index is 2.42. The molecule has 0 saturated heterocycles. The molecule has 2 atom stereocenters. The first-order valence-electron chi connectivity index (χ1n) is 5.81. The third-order valence-electron chi connectivity index (χ3n) is 3.01. The molecular weight excluding hydrogens is 271 g/mol. The molecule has 18 heavy (non-hydrogen) atoms. The summed E-state index contributed by atoms with van der Waals surface area (Å²) in [5, 5.41) is 16.6. The normalized spacial score (nSPS) is 24.3. The molecule has 5 heteroatoms. The van der Waals surface area contributed by atoms with Crippen LogP contribution in [0.25, 0.3) is 0 Å². The highest BCUT2D eigenvalue weighted by Crippen LogP contribution is 2.34. The fraction of sp³-hybridized carbons (Fsp3) is 0.462. The predicted molar refractivity (Wildman–Crippen MR) is 76.8 cm³/mol. The van der Waals surface area contributed by atoms with Crippen LogP contribution in [-0.2, 0) is 0 Å². The van der Waals surface area contributed by atoms with Gasteiger partial charge in [-0.05, 0) is 32.9 Å². The van der Waals surface area contributed by atoms with Crippen molar-refractivity contribution in [3.05, 3.63) is 29.3 Å². The van der Waals surface area contributed by atoms with E-state index in [1.165, 1.54) is 0 Å². The van der Waals surface area contributed by atoms with Gasteiger partial charge in [0.05, 0.1) is 27.8 Å². The monoisotopic (exact) mass is 286 g/mol. The van der Waals surface area contributed by atoms with E-state index in [-0.39, 0.29) is 11.4 Å². The number of halogens is 2. The number of alkyl halides is 1. The lowest BCUT2D eigenvalue weighted by molar-refractivity contribution is 0.152. The average molecular weight is 287 g/mol. The summed E-state index contributed by atoms with van der Waals surface area (Å²) in [6.07, 6.45) is 0. The van der Waals surface area contributed by atoms with Crippen LogP contribution in [0.2, 0.25) is 5.02 Å². The summed E-state index contributed by atoms with van der Waals surface area (Å²) in [7, 11) is 0. The molecule has 1 heterocycles. The highest BCUT2D eigenvalue weighted by atomic mass is 35.5. The number of hydrogen-bond acceptors (Lipinski definition) is 3. The fourth-order valence-electron chi connectivity index (χ4n) is 1.99. The molecular formula is C13H16Cl2N2O. The van der Waals surface area contributed by atoms with Crippen molar-refractivity contribution in [1.29, 1.82) is 0 Å². The molecule has 1 aromatic carbocycles. The smallest absolute Gasteiger partial charge is 0.100 e. The van der Waals surface area contributed by atoms with Crippen molar-refractivity contribution in [2.24, 2.45) is 5.10 Å². The summed E-state index contributed by atoms with van der Waals surface area (Å²) >= 11 is 12.5. The SMILES string of the molecule is CC1C(Cl)C(C(C)(C)O)=NN1c1ccccc1Cl. The maximum Gasteiger partial charge on any atom is 0.100 e. The van der Waals surface area contributed by atoms with Crippen molar-refractivity contribution < 1.29 is 5.11 Å². The van der Waals surface area contributed by atoms with E-state index >= 15 is 0 Å². The molecule has 0 aliphatic carbocycles. The second kappa shape index (κ2) is 4.72. The van der Waals surface area contributed by atoms with Gasteiger partial charge < -0.3 is 5.11 Å². The van der Waals surface area contributed by atoms with Crippen molar-refractivity contribution in [3.8, 4) is 0 Å². The third kappa shape index (κ3) is 2.35. The van der Waals surface area contributed by atoms with E-state index in [0.717, 1.165) is 5.69 Å². The molecule has 3 nitrogen and oxygen atoms in total. The second-order valence-corrected chi connectivity index (χ2v) is 5.86. The first-order valence-corrected chi connectivity index (χ1v) is 6.63. The molecule has 0 saturated carbocycles. The Labute approximate surface area is 117 Å². The van der Waals surface area contributed by atoms with E-state index in [2.05, 4.69) is 5.10 Å². The van der Waals surface area contributed by atoms with E-state index in [0.29, 0.717) is 10.7 Å². The van der Waals surface area contributed by atoms with Crippen molar-refractivity contribution in [1.82, 2.24) is 0 Å². The molecule has 0 radical (unpaired) electrons. The van der Waals surface area contributed by atoms with Crippen LogP contribution < -0.4 is 5.01 Å². The highest BCUT2D eigenvalue weighted by molar-refractivity contribution is 6.36. The summed E-state index contributed by atoms with van der Waals surface area (Å²) in [6, 6.07) is 7.41. The van der Waals surface area contributed by atoms with E-state index < -0.39 is 5.60 Å². The Kier molecular flexibility index (Phi) is 3.58.